The second-order valence-electron chi connectivity index (χ2n) is 11.4. The van der Waals surface area contributed by atoms with E-state index in [1.165, 1.54) is 42.5 Å². The highest BCUT2D eigenvalue weighted by Crippen LogP contribution is 2.38. The summed E-state index contributed by atoms with van der Waals surface area (Å²) in [6, 6.07) is 22.5. The third-order valence-electron chi connectivity index (χ3n) is 7.41. The first-order valence-corrected chi connectivity index (χ1v) is 16.8. The van der Waals surface area contributed by atoms with Crippen molar-refractivity contribution in [3.63, 3.8) is 0 Å². The Bertz CT molecular complexity index is 1820. The van der Waals surface area contributed by atoms with Gasteiger partial charge in [-0.15, -0.1) is 0 Å². The van der Waals surface area contributed by atoms with Gasteiger partial charge in [0.2, 0.25) is 11.8 Å². The number of alkyl halides is 3. The van der Waals surface area contributed by atoms with Crippen LogP contribution >= 0.6 is 11.6 Å². The van der Waals surface area contributed by atoms with Gasteiger partial charge < -0.3 is 10.2 Å². The monoisotopic (exact) mass is 703 g/mol. The summed E-state index contributed by atoms with van der Waals surface area (Å²) in [5, 5.41) is 2.15. The summed E-state index contributed by atoms with van der Waals surface area (Å²) in [6.45, 7) is 2.55. The molecule has 0 saturated carbocycles. The number of carbonyl (C=O) groups excluding carboxylic acids is 2. The summed E-state index contributed by atoms with van der Waals surface area (Å²) in [7, 11) is -4.66. The van der Waals surface area contributed by atoms with Crippen molar-refractivity contribution < 1.29 is 35.6 Å². The van der Waals surface area contributed by atoms with Crippen LogP contribution in [0.1, 0.15) is 30.5 Å². The maximum absolute atomic E-state index is 15.0. The molecule has 4 aromatic carbocycles. The van der Waals surface area contributed by atoms with Crippen LogP contribution in [0.2, 0.25) is 5.02 Å². The summed E-state index contributed by atoms with van der Waals surface area (Å²) in [6.07, 6.45) is -4.96. The molecule has 13 heteroatoms. The Balaban J connectivity index is 1.86. The second-order valence-corrected chi connectivity index (χ2v) is 13.7. The zero-order valence-electron chi connectivity index (χ0n) is 26.1. The van der Waals surface area contributed by atoms with E-state index in [-0.39, 0.29) is 29.3 Å². The molecule has 0 heterocycles. The number of nitrogens with one attached hydrogen (secondary N) is 1. The molecule has 4 aromatic rings. The number of carbonyl (C=O) groups is 2. The van der Waals surface area contributed by atoms with E-state index in [4.69, 9.17) is 11.6 Å². The Hall–Kier alpha value is -4.42. The molecule has 1 atom stereocenters. The van der Waals surface area contributed by atoms with E-state index in [9.17, 15) is 31.2 Å². The predicted octanol–water partition coefficient (Wildman–Crippen LogP) is 7.11. The molecule has 0 unspecified atom stereocenters. The van der Waals surface area contributed by atoms with E-state index < -0.39 is 69.2 Å². The topological polar surface area (TPSA) is 86.8 Å². The van der Waals surface area contributed by atoms with Crippen molar-refractivity contribution >= 4 is 39.1 Å². The molecule has 0 spiro atoms. The summed E-state index contributed by atoms with van der Waals surface area (Å²) < 4.78 is 85.3. The summed E-state index contributed by atoms with van der Waals surface area (Å²) in [5.74, 6) is -2.15. The van der Waals surface area contributed by atoms with Crippen LogP contribution in [0.5, 0.6) is 0 Å². The number of sulfonamides is 1. The molecule has 0 radical (unpaired) electrons. The number of nitrogens with zero attached hydrogens (tertiary/aromatic N) is 2. The minimum atomic E-state index is -4.94. The highest BCUT2D eigenvalue weighted by Gasteiger charge is 2.38. The molecule has 7 nitrogen and oxygen atoms in total. The van der Waals surface area contributed by atoms with E-state index >= 15 is 4.39 Å². The summed E-state index contributed by atoms with van der Waals surface area (Å²) >= 11 is 5.84. The minimum Gasteiger partial charge on any atom is -0.354 e. The van der Waals surface area contributed by atoms with E-state index in [2.05, 4.69) is 5.32 Å². The van der Waals surface area contributed by atoms with Gasteiger partial charge in [-0.3, -0.25) is 13.9 Å². The zero-order chi connectivity index (χ0) is 35.1. The van der Waals surface area contributed by atoms with Gasteiger partial charge in [-0.1, -0.05) is 92.2 Å². The molecule has 0 aromatic heterocycles. The Morgan fingerprint density at radius 3 is 2.08 bits per heavy atom. The van der Waals surface area contributed by atoms with Crippen molar-refractivity contribution in [2.45, 2.75) is 43.9 Å². The quantitative estimate of drug-likeness (QED) is 0.151. The molecule has 0 bridgehead atoms. The van der Waals surface area contributed by atoms with Gasteiger partial charge in [0.05, 0.1) is 21.2 Å². The molecular weight excluding hydrogens is 670 g/mol. The summed E-state index contributed by atoms with van der Waals surface area (Å²) in [4.78, 5) is 29.0. The van der Waals surface area contributed by atoms with Gasteiger partial charge in [-0.2, -0.15) is 13.2 Å². The Morgan fingerprint density at radius 2 is 1.48 bits per heavy atom. The fourth-order valence-electron chi connectivity index (χ4n) is 4.92. The van der Waals surface area contributed by atoms with Gasteiger partial charge in [0.1, 0.15) is 18.4 Å². The smallest absolute Gasteiger partial charge is 0.354 e. The number of anilines is 1. The van der Waals surface area contributed by atoms with Crippen molar-refractivity contribution in [2.24, 2.45) is 5.92 Å². The van der Waals surface area contributed by atoms with Gasteiger partial charge in [0, 0.05) is 25.1 Å². The first-order chi connectivity index (χ1) is 22.7. The molecule has 254 valence electrons. The van der Waals surface area contributed by atoms with E-state index in [0.717, 1.165) is 17.0 Å². The largest absolute Gasteiger partial charge is 0.417 e. The lowest BCUT2D eigenvalue weighted by atomic mass is 10.0. The molecule has 0 aliphatic carbocycles. The number of benzene rings is 4. The van der Waals surface area contributed by atoms with Gasteiger partial charge >= 0.3 is 6.18 Å². The summed E-state index contributed by atoms with van der Waals surface area (Å²) in [5.41, 5.74) is -1.09. The highest BCUT2D eigenvalue weighted by atomic mass is 35.5. The second kappa shape index (κ2) is 15.7. The SMILES string of the molecule is CC(C)CNC(=O)[C@@H](Cc1ccccc1)N(Cc1ccccc1F)C(=O)CN(c1ccc(Cl)c(C(F)(F)F)c1)S(=O)(=O)c1ccccc1. The van der Waals surface area contributed by atoms with Crippen molar-refractivity contribution in [1.82, 2.24) is 10.2 Å². The van der Waals surface area contributed by atoms with Crippen molar-refractivity contribution in [3.05, 3.63) is 131 Å². The van der Waals surface area contributed by atoms with Crippen LogP contribution in [-0.4, -0.2) is 44.3 Å². The van der Waals surface area contributed by atoms with E-state index in [0.29, 0.717) is 15.9 Å². The Kier molecular flexibility index (Phi) is 11.9. The third kappa shape index (κ3) is 9.13. The number of amides is 2. The molecular formula is C35H34ClF4N3O4S. The first-order valence-electron chi connectivity index (χ1n) is 15.0. The average molecular weight is 704 g/mol. The molecule has 4 rings (SSSR count). The maximum atomic E-state index is 15.0. The molecule has 48 heavy (non-hydrogen) atoms. The molecule has 0 saturated heterocycles. The maximum Gasteiger partial charge on any atom is 0.417 e. The standard InChI is InChI=1S/C35H34ClF4N3O4S/c1-24(2)21-41-34(45)32(19-25-11-5-3-6-12-25)42(22-26-13-9-10-16-31(26)37)33(44)23-43(48(46,47)28-14-7-4-8-15-28)27-17-18-30(36)29(20-27)35(38,39)40/h3-18,20,24,32H,19,21-23H2,1-2H3,(H,41,45)/t32-/m1/s1. The predicted molar refractivity (Wildman–Crippen MR) is 176 cm³/mol. The van der Waals surface area contributed by atoms with Crippen LogP contribution < -0.4 is 9.62 Å². The number of rotatable bonds is 13. The van der Waals surface area contributed by atoms with Crippen LogP contribution in [0.25, 0.3) is 0 Å². The molecule has 0 aliphatic rings. The third-order valence-corrected chi connectivity index (χ3v) is 9.53. The number of hydrogen-bond donors (Lipinski definition) is 1. The van der Waals surface area contributed by atoms with Gasteiger partial charge in [-0.05, 0) is 47.9 Å². The molecule has 0 aliphatic heterocycles. The number of halogens is 5. The van der Waals surface area contributed by atoms with Gasteiger partial charge in [0.15, 0.2) is 0 Å². The van der Waals surface area contributed by atoms with E-state index in [1.54, 1.807) is 42.5 Å². The molecule has 2 amide bonds. The van der Waals surface area contributed by atoms with Crippen molar-refractivity contribution in [1.29, 1.82) is 0 Å². The normalized spacial score (nSPS) is 12.4. The average Bonchev–Trinajstić information content (AvgIpc) is 3.05. The first kappa shape index (κ1) is 36.4. The van der Waals surface area contributed by atoms with Crippen LogP contribution in [0.15, 0.2) is 108 Å². The van der Waals surface area contributed by atoms with Gasteiger partial charge in [0.25, 0.3) is 10.0 Å². The van der Waals surface area contributed by atoms with Gasteiger partial charge in [-0.25, -0.2) is 12.8 Å². The van der Waals surface area contributed by atoms with Crippen molar-refractivity contribution in [3.8, 4) is 0 Å². The highest BCUT2D eigenvalue weighted by molar-refractivity contribution is 7.92. The lowest BCUT2D eigenvalue weighted by Gasteiger charge is -2.34. The van der Waals surface area contributed by atoms with Crippen LogP contribution in [-0.2, 0) is 38.8 Å². The Morgan fingerprint density at radius 1 is 0.875 bits per heavy atom. The van der Waals surface area contributed by atoms with Crippen molar-refractivity contribution in [2.75, 3.05) is 17.4 Å². The van der Waals surface area contributed by atoms with E-state index in [1.807, 2.05) is 13.8 Å². The fourth-order valence-corrected chi connectivity index (χ4v) is 6.57. The minimum absolute atomic E-state index is 0.0183. The zero-order valence-corrected chi connectivity index (χ0v) is 27.7. The lowest BCUT2D eigenvalue weighted by Crippen LogP contribution is -2.53. The lowest BCUT2D eigenvalue weighted by molar-refractivity contribution is -0.140. The molecule has 0 fully saturated rings. The van der Waals surface area contributed by atoms with Crippen LogP contribution in [0.3, 0.4) is 0 Å². The fraction of sp³-hybridized carbons (Fsp3) is 0.257. The molecule has 1 N–H and O–H groups in total. The van der Waals surface area contributed by atoms with Crippen LogP contribution in [0.4, 0.5) is 23.2 Å². The Labute approximate surface area is 282 Å². The van der Waals surface area contributed by atoms with Crippen LogP contribution in [0, 0.1) is 11.7 Å². The number of hydrogen-bond acceptors (Lipinski definition) is 4.